The van der Waals surface area contributed by atoms with E-state index in [4.69, 9.17) is 11.6 Å². The number of halogens is 2. The Balaban J connectivity index is 2.23. The molecule has 5 nitrogen and oxygen atoms in total. The van der Waals surface area contributed by atoms with Crippen molar-refractivity contribution in [1.82, 2.24) is 4.90 Å². The average Bonchev–Trinajstić information content (AvgIpc) is 2.57. The Morgan fingerprint density at radius 3 is 2.15 bits per heavy atom. The Morgan fingerprint density at radius 2 is 1.65 bits per heavy atom. The molecule has 140 valence electrons. The van der Waals surface area contributed by atoms with Crippen LogP contribution in [0.2, 0.25) is 5.02 Å². The molecule has 8 heteroatoms. The Kier molecular flexibility index (Phi) is 6.26. The van der Waals surface area contributed by atoms with Gasteiger partial charge in [0.15, 0.2) is 0 Å². The molecule has 0 aliphatic heterocycles. The van der Waals surface area contributed by atoms with Crippen LogP contribution in [-0.2, 0) is 21.4 Å². The first-order valence-electron chi connectivity index (χ1n) is 7.84. The van der Waals surface area contributed by atoms with Gasteiger partial charge < -0.3 is 4.90 Å². The van der Waals surface area contributed by atoms with Crippen LogP contribution < -0.4 is 4.31 Å². The summed E-state index contributed by atoms with van der Waals surface area (Å²) in [5.74, 6) is -0.865. The van der Waals surface area contributed by atoms with Crippen LogP contribution in [0.15, 0.2) is 48.5 Å². The summed E-state index contributed by atoms with van der Waals surface area (Å²) in [7, 11) is -2.15. The summed E-state index contributed by atoms with van der Waals surface area (Å²) in [4.78, 5) is 14.2. The number of carbonyl (C=O) groups excluding carboxylic acids is 1. The molecule has 0 N–H and O–H groups in total. The highest BCUT2D eigenvalue weighted by Crippen LogP contribution is 2.22. The lowest BCUT2D eigenvalue weighted by Gasteiger charge is -2.31. The number of likely N-dealkylation sites (N-methyl/N-ethyl adjacent to an activating group) is 1. The highest BCUT2D eigenvalue weighted by atomic mass is 35.5. The van der Waals surface area contributed by atoms with Crippen LogP contribution in [0, 0.1) is 5.82 Å². The smallest absolute Gasteiger partial charge is 0.246 e. The fourth-order valence-corrected chi connectivity index (χ4v) is 3.95. The molecule has 0 bridgehead atoms. The van der Waals surface area contributed by atoms with Gasteiger partial charge in [0.25, 0.3) is 0 Å². The topological polar surface area (TPSA) is 57.7 Å². The zero-order valence-electron chi connectivity index (χ0n) is 14.7. The second kappa shape index (κ2) is 8.05. The zero-order chi connectivity index (χ0) is 19.5. The fraction of sp³-hybridized carbons (Fsp3) is 0.278. The van der Waals surface area contributed by atoms with Crippen molar-refractivity contribution in [2.24, 2.45) is 0 Å². The molecule has 2 aromatic carbocycles. The molecule has 0 spiro atoms. The number of rotatable bonds is 6. The Bertz CT molecular complexity index is 870. The number of nitrogens with zero attached hydrogens (tertiary/aromatic N) is 2. The standard InChI is InChI=1S/C18H20ClFN2O3S/c1-13(18(23)21(2)12-14-4-6-15(19)7-5-14)22(26(3,24)25)17-10-8-16(20)9-11-17/h4-11,13H,12H2,1-3H3. The SMILES string of the molecule is CC(C(=O)N(C)Cc1ccc(Cl)cc1)N(c1ccc(F)cc1)S(C)(=O)=O. The average molecular weight is 399 g/mol. The molecule has 0 radical (unpaired) electrons. The van der Waals surface area contributed by atoms with Gasteiger partial charge in [0, 0.05) is 18.6 Å². The molecule has 1 amide bonds. The van der Waals surface area contributed by atoms with Crippen molar-refractivity contribution >= 4 is 33.2 Å². The summed E-state index contributed by atoms with van der Waals surface area (Å²) >= 11 is 5.85. The normalized spacial score (nSPS) is 12.5. The van der Waals surface area contributed by atoms with E-state index in [1.54, 1.807) is 31.3 Å². The number of benzene rings is 2. The molecule has 2 aromatic rings. The van der Waals surface area contributed by atoms with Crippen LogP contribution in [0.3, 0.4) is 0 Å². The highest BCUT2D eigenvalue weighted by Gasteiger charge is 2.31. The van der Waals surface area contributed by atoms with E-state index in [0.717, 1.165) is 28.3 Å². The Hall–Kier alpha value is -2.12. The van der Waals surface area contributed by atoms with Crippen LogP contribution >= 0.6 is 11.6 Å². The maximum atomic E-state index is 13.2. The van der Waals surface area contributed by atoms with E-state index in [1.165, 1.54) is 24.0 Å². The fourth-order valence-electron chi connectivity index (χ4n) is 2.65. The van der Waals surface area contributed by atoms with Crippen LogP contribution in [0.4, 0.5) is 10.1 Å². The van der Waals surface area contributed by atoms with Crippen LogP contribution in [-0.4, -0.2) is 38.6 Å². The van der Waals surface area contributed by atoms with Crippen LogP contribution in [0.25, 0.3) is 0 Å². The van der Waals surface area contributed by atoms with Crippen molar-refractivity contribution in [3.05, 3.63) is 64.9 Å². The molecule has 0 saturated heterocycles. The molecule has 0 aliphatic rings. The number of anilines is 1. The van der Waals surface area contributed by atoms with Gasteiger partial charge in [-0.15, -0.1) is 0 Å². The van der Waals surface area contributed by atoms with E-state index in [9.17, 15) is 17.6 Å². The second-order valence-electron chi connectivity index (χ2n) is 6.03. The molecule has 0 aliphatic carbocycles. The lowest BCUT2D eigenvalue weighted by molar-refractivity contribution is -0.131. The van der Waals surface area contributed by atoms with Crippen molar-refractivity contribution in [1.29, 1.82) is 0 Å². The third-order valence-corrected chi connectivity index (χ3v) is 5.35. The van der Waals surface area contributed by atoms with Gasteiger partial charge in [-0.3, -0.25) is 9.10 Å². The predicted octanol–water partition coefficient (Wildman–Crippen LogP) is 3.29. The van der Waals surface area contributed by atoms with Crippen molar-refractivity contribution < 1.29 is 17.6 Å². The maximum Gasteiger partial charge on any atom is 0.246 e. The number of hydrogen-bond acceptors (Lipinski definition) is 3. The molecule has 26 heavy (non-hydrogen) atoms. The van der Waals surface area contributed by atoms with Crippen LogP contribution in [0.1, 0.15) is 12.5 Å². The molecular formula is C18H20ClFN2O3S. The first-order chi connectivity index (χ1) is 12.1. The summed E-state index contributed by atoms with van der Waals surface area (Å²) in [5.41, 5.74) is 1.10. The number of carbonyl (C=O) groups is 1. The van der Waals surface area contributed by atoms with E-state index < -0.39 is 21.9 Å². The first-order valence-corrected chi connectivity index (χ1v) is 10.1. The Morgan fingerprint density at radius 1 is 1.12 bits per heavy atom. The molecule has 0 fully saturated rings. The summed E-state index contributed by atoms with van der Waals surface area (Å²) in [6.45, 7) is 1.81. The van der Waals surface area contributed by atoms with E-state index >= 15 is 0 Å². The summed E-state index contributed by atoms with van der Waals surface area (Å²) in [6, 6.07) is 11.0. The molecule has 0 saturated carbocycles. The number of sulfonamides is 1. The molecule has 0 heterocycles. The minimum Gasteiger partial charge on any atom is -0.340 e. The first kappa shape index (κ1) is 20.2. The van der Waals surface area contributed by atoms with Gasteiger partial charge in [0.05, 0.1) is 11.9 Å². The molecule has 0 aromatic heterocycles. The highest BCUT2D eigenvalue weighted by molar-refractivity contribution is 7.92. The van der Waals surface area contributed by atoms with Crippen LogP contribution in [0.5, 0.6) is 0 Å². The van der Waals surface area contributed by atoms with Crippen molar-refractivity contribution in [2.45, 2.75) is 19.5 Å². The lowest BCUT2D eigenvalue weighted by Crippen LogP contribution is -2.48. The van der Waals surface area contributed by atoms with Crippen molar-refractivity contribution in [3.63, 3.8) is 0 Å². The largest absolute Gasteiger partial charge is 0.340 e. The molecular weight excluding hydrogens is 379 g/mol. The minimum absolute atomic E-state index is 0.231. The van der Waals surface area contributed by atoms with Crippen molar-refractivity contribution in [2.75, 3.05) is 17.6 Å². The van der Waals surface area contributed by atoms with E-state index in [1.807, 2.05) is 0 Å². The van der Waals surface area contributed by atoms with Gasteiger partial charge in [-0.25, -0.2) is 12.8 Å². The van der Waals surface area contributed by atoms with Gasteiger partial charge >= 0.3 is 0 Å². The van der Waals surface area contributed by atoms with Gasteiger partial charge in [-0.2, -0.15) is 0 Å². The number of hydrogen-bond donors (Lipinski definition) is 0. The summed E-state index contributed by atoms with van der Waals surface area (Å²) < 4.78 is 38.6. The third-order valence-electron chi connectivity index (χ3n) is 3.86. The minimum atomic E-state index is -3.74. The molecule has 1 atom stereocenters. The van der Waals surface area contributed by atoms with E-state index in [0.29, 0.717) is 11.6 Å². The lowest BCUT2D eigenvalue weighted by atomic mass is 10.2. The van der Waals surface area contributed by atoms with Gasteiger partial charge in [-0.1, -0.05) is 23.7 Å². The van der Waals surface area contributed by atoms with Gasteiger partial charge in [0.1, 0.15) is 11.9 Å². The van der Waals surface area contributed by atoms with Gasteiger partial charge in [-0.05, 0) is 48.9 Å². The van der Waals surface area contributed by atoms with Gasteiger partial charge in [0.2, 0.25) is 15.9 Å². The summed E-state index contributed by atoms with van der Waals surface area (Å²) in [5, 5.41) is 0.593. The second-order valence-corrected chi connectivity index (χ2v) is 8.33. The molecule has 2 rings (SSSR count). The number of amides is 1. The maximum absolute atomic E-state index is 13.2. The van der Waals surface area contributed by atoms with E-state index in [-0.39, 0.29) is 11.6 Å². The monoisotopic (exact) mass is 398 g/mol. The van der Waals surface area contributed by atoms with E-state index in [2.05, 4.69) is 0 Å². The molecule has 1 unspecified atom stereocenters. The zero-order valence-corrected chi connectivity index (χ0v) is 16.3. The van der Waals surface area contributed by atoms with Crippen molar-refractivity contribution in [3.8, 4) is 0 Å². The Labute approximate surface area is 158 Å². The quantitative estimate of drug-likeness (QED) is 0.750. The third kappa shape index (κ3) is 4.95. The summed E-state index contributed by atoms with van der Waals surface area (Å²) in [6.07, 6.45) is 1.01. The predicted molar refractivity (Wildman–Crippen MR) is 101 cm³/mol.